The van der Waals surface area contributed by atoms with Crippen LogP contribution in [0.2, 0.25) is 0 Å². The number of thioether (sulfide) groups is 1. The highest BCUT2D eigenvalue weighted by Crippen LogP contribution is 2.38. The molecular weight excluding hydrogens is 444 g/mol. The molecule has 1 saturated carbocycles. The first-order chi connectivity index (χ1) is 15.1. The van der Waals surface area contributed by atoms with Gasteiger partial charge in [-0.2, -0.15) is 13.2 Å². The number of halogens is 4. The molecule has 1 aliphatic rings. The Morgan fingerprint density at radius 1 is 1.12 bits per heavy atom. The predicted molar refractivity (Wildman–Crippen MR) is 117 cm³/mol. The Kier molecular flexibility index (Phi) is 7.48. The SMILES string of the molecule is CC(SCC(=O)Nc1ccc(F)cc1)C(=O)N(C1CC1)C(C)c1cccc(C(F)(F)F)c1. The first kappa shape index (κ1) is 24.1. The Balaban J connectivity index is 1.63. The van der Waals surface area contributed by atoms with Crippen molar-refractivity contribution >= 4 is 29.3 Å². The van der Waals surface area contributed by atoms with Crippen LogP contribution in [0, 0.1) is 5.82 Å². The Bertz CT molecular complexity index is 961. The highest BCUT2D eigenvalue weighted by atomic mass is 32.2. The number of hydrogen-bond donors (Lipinski definition) is 1. The van der Waals surface area contributed by atoms with Crippen LogP contribution in [0.5, 0.6) is 0 Å². The lowest BCUT2D eigenvalue weighted by Gasteiger charge is -2.32. The molecule has 0 saturated heterocycles. The molecule has 1 N–H and O–H groups in total. The molecule has 9 heteroatoms. The number of anilines is 1. The van der Waals surface area contributed by atoms with Crippen molar-refractivity contribution in [3.63, 3.8) is 0 Å². The molecule has 0 aromatic heterocycles. The molecule has 2 unspecified atom stereocenters. The van der Waals surface area contributed by atoms with E-state index in [1.54, 1.807) is 24.8 Å². The van der Waals surface area contributed by atoms with Gasteiger partial charge in [0.05, 0.1) is 22.6 Å². The van der Waals surface area contributed by atoms with Crippen LogP contribution in [0.1, 0.15) is 43.9 Å². The Hall–Kier alpha value is -2.55. The summed E-state index contributed by atoms with van der Waals surface area (Å²) in [4.78, 5) is 27.0. The molecule has 32 heavy (non-hydrogen) atoms. The van der Waals surface area contributed by atoms with Gasteiger partial charge in [0.2, 0.25) is 11.8 Å². The first-order valence-electron chi connectivity index (χ1n) is 10.2. The van der Waals surface area contributed by atoms with Crippen molar-refractivity contribution in [2.24, 2.45) is 0 Å². The van der Waals surface area contributed by atoms with E-state index in [-0.39, 0.29) is 23.6 Å². The van der Waals surface area contributed by atoms with Crippen molar-refractivity contribution in [2.45, 2.75) is 50.2 Å². The monoisotopic (exact) mass is 468 g/mol. The Morgan fingerprint density at radius 2 is 1.78 bits per heavy atom. The van der Waals surface area contributed by atoms with E-state index in [2.05, 4.69) is 5.32 Å². The summed E-state index contributed by atoms with van der Waals surface area (Å²) in [6.45, 7) is 3.41. The van der Waals surface area contributed by atoms with E-state index < -0.39 is 28.8 Å². The summed E-state index contributed by atoms with van der Waals surface area (Å²) in [5.41, 5.74) is 0.130. The molecule has 0 aliphatic heterocycles. The van der Waals surface area contributed by atoms with Crippen molar-refractivity contribution in [3.05, 3.63) is 65.5 Å². The summed E-state index contributed by atoms with van der Waals surface area (Å²) in [5.74, 6) is -0.936. The van der Waals surface area contributed by atoms with Crippen LogP contribution in [-0.2, 0) is 15.8 Å². The average molecular weight is 469 g/mol. The second-order valence-corrected chi connectivity index (χ2v) is 9.11. The number of rotatable bonds is 8. The number of carbonyl (C=O) groups excluding carboxylic acids is 2. The summed E-state index contributed by atoms with van der Waals surface area (Å²) in [6.07, 6.45) is -2.85. The van der Waals surface area contributed by atoms with Crippen LogP contribution >= 0.6 is 11.8 Å². The summed E-state index contributed by atoms with van der Waals surface area (Å²) >= 11 is 1.15. The second kappa shape index (κ2) is 9.94. The van der Waals surface area contributed by atoms with Crippen LogP contribution in [0.3, 0.4) is 0 Å². The number of carbonyl (C=O) groups is 2. The highest BCUT2D eigenvalue weighted by Gasteiger charge is 2.39. The number of hydrogen-bond acceptors (Lipinski definition) is 3. The van der Waals surface area contributed by atoms with Crippen LogP contribution in [0.15, 0.2) is 48.5 Å². The van der Waals surface area contributed by atoms with Crippen molar-refractivity contribution in [2.75, 3.05) is 11.1 Å². The third kappa shape index (κ3) is 6.25. The van der Waals surface area contributed by atoms with E-state index in [0.717, 1.165) is 36.7 Å². The van der Waals surface area contributed by atoms with Gasteiger partial charge in [0.1, 0.15) is 5.82 Å². The maximum absolute atomic E-state index is 13.1. The second-order valence-electron chi connectivity index (χ2n) is 7.78. The fourth-order valence-electron chi connectivity index (χ4n) is 3.39. The topological polar surface area (TPSA) is 49.4 Å². The van der Waals surface area contributed by atoms with Gasteiger partial charge < -0.3 is 10.2 Å². The van der Waals surface area contributed by atoms with Crippen LogP contribution in [0.4, 0.5) is 23.2 Å². The lowest BCUT2D eigenvalue weighted by molar-refractivity contribution is -0.137. The van der Waals surface area contributed by atoms with Gasteiger partial charge in [0.25, 0.3) is 0 Å². The van der Waals surface area contributed by atoms with Gasteiger partial charge in [-0.3, -0.25) is 9.59 Å². The van der Waals surface area contributed by atoms with E-state index in [1.807, 2.05) is 0 Å². The van der Waals surface area contributed by atoms with Gasteiger partial charge in [-0.05, 0) is 68.7 Å². The van der Waals surface area contributed by atoms with E-state index in [9.17, 15) is 27.2 Å². The van der Waals surface area contributed by atoms with Crippen LogP contribution in [-0.4, -0.2) is 33.8 Å². The highest BCUT2D eigenvalue weighted by molar-refractivity contribution is 8.01. The zero-order valence-electron chi connectivity index (χ0n) is 17.7. The van der Waals surface area contributed by atoms with E-state index in [1.165, 1.54) is 30.3 Å². The van der Waals surface area contributed by atoms with E-state index >= 15 is 0 Å². The van der Waals surface area contributed by atoms with Crippen molar-refractivity contribution in [1.82, 2.24) is 4.90 Å². The quantitative estimate of drug-likeness (QED) is 0.509. The maximum Gasteiger partial charge on any atom is 0.416 e. The number of nitrogens with one attached hydrogen (secondary N) is 1. The number of amides is 2. The van der Waals surface area contributed by atoms with Gasteiger partial charge in [0, 0.05) is 11.7 Å². The molecule has 2 amide bonds. The Labute approximate surface area is 188 Å². The van der Waals surface area contributed by atoms with Gasteiger partial charge >= 0.3 is 6.18 Å². The molecule has 0 radical (unpaired) electrons. The number of alkyl halides is 3. The largest absolute Gasteiger partial charge is 0.416 e. The third-order valence-electron chi connectivity index (χ3n) is 5.25. The molecule has 0 bridgehead atoms. The van der Waals surface area contributed by atoms with Crippen molar-refractivity contribution in [3.8, 4) is 0 Å². The minimum absolute atomic E-state index is 0.0110. The summed E-state index contributed by atoms with van der Waals surface area (Å²) in [6, 6.07) is 9.86. The van der Waals surface area contributed by atoms with Gasteiger partial charge in [-0.25, -0.2) is 4.39 Å². The molecule has 2 atom stereocenters. The van der Waals surface area contributed by atoms with Crippen molar-refractivity contribution in [1.29, 1.82) is 0 Å². The van der Waals surface area contributed by atoms with Crippen molar-refractivity contribution < 1.29 is 27.2 Å². The predicted octanol–water partition coefficient (Wildman–Crippen LogP) is 5.66. The zero-order valence-corrected chi connectivity index (χ0v) is 18.5. The molecule has 1 aliphatic carbocycles. The first-order valence-corrected chi connectivity index (χ1v) is 11.3. The zero-order chi connectivity index (χ0) is 23.5. The molecule has 3 rings (SSSR count). The smallest absolute Gasteiger partial charge is 0.332 e. The van der Waals surface area contributed by atoms with Gasteiger partial charge in [0.15, 0.2) is 0 Å². The lowest BCUT2D eigenvalue weighted by atomic mass is 10.0. The molecule has 172 valence electrons. The molecular formula is C23H24F4N2O2S. The maximum atomic E-state index is 13.1. The normalized spacial score (nSPS) is 15.7. The van der Waals surface area contributed by atoms with Crippen LogP contribution < -0.4 is 5.32 Å². The number of benzene rings is 2. The number of nitrogens with zero attached hydrogens (tertiary/aromatic N) is 1. The molecule has 4 nitrogen and oxygen atoms in total. The summed E-state index contributed by atoms with van der Waals surface area (Å²) in [7, 11) is 0. The summed E-state index contributed by atoms with van der Waals surface area (Å²) < 4.78 is 52.3. The minimum atomic E-state index is -4.45. The standard InChI is InChI=1S/C23H24F4N2O2S/c1-14(16-4-3-5-17(12-16)23(25,26)27)29(20-10-11-20)22(31)15(2)32-13-21(30)28-19-8-6-18(24)7-9-19/h3-9,12,14-15,20H,10-11,13H2,1-2H3,(H,28,30). The average Bonchev–Trinajstić information content (AvgIpc) is 3.58. The third-order valence-corrected chi connectivity index (χ3v) is 6.38. The van der Waals surface area contributed by atoms with Crippen LogP contribution in [0.25, 0.3) is 0 Å². The van der Waals surface area contributed by atoms with Gasteiger partial charge in [-0.15, -0.1) is 11.8 Å². The lowest BCUT2D eigenvalue weighted by Crippen LogP contribution is -2.40. The molecule has 0 heterocycles. The molecule has 2 aromatic rings. The van der Waals surface area contributed by atoms with E-state index in [0.29, 0.717) is 11.3 Å². The molecule has 0 spiro atoms. The van der Waals surface area contributed by atoms with E-state index in [4.69, 9.17) is 0 Å². The summed E-state index contributed by atoms with van der Waals surface area (Å²) in [5, 5.41) is 2.09. The van der Waals surface area contributed by atoms with Gasteiger partial charge in [-0.1, -0.05) is 12.1 Å². The molecule has 2 aromatic carbocycles. The minimum Gasteiger partial charge on any atom is -0.332 e. The fourth-order valence-corrected chi connectivity index (χ4v) is 4.13. The fraction of sp³-hybridized carbons (Fsp3) is 0.391. The molecule has 1 fully saturated rings. The Morgan fingerprint density at radius 3 is 2.38 bits per heavy atom.